The number of anilines is 1. The van der Waals surface area contributed by atoms with Gasteiger partial charge < -0.3 is 4.90 Å². The largest absolute Gasteiger partial charge is 0.416 e. The second kappa shape index (κ2) is 6.76. The second-order valence-corrected chi connectivity index (χ2v) is 7.17. The molecule has 2 aromatic rings. The fourth-order valence-electron chi connectivity index (χ4n) is 3.60. The highest BCUT2D eigenvalue weighted by Gasteiger charge is 2.61. The number of fused-ring (bicyclic) bond motifs is 2. The summed E-state index contributed by atoms with van der Waals surface area (Å²) in [4.78, 5) is 36.9. The Balaban J connectivity index is 1.56. The molecule has 1 N–H and O–H groups in total. The molecule has 0 saturated heterocycles. The van der Waals surface area contributed by atoms with Gasteiger partial charge >= 0.3 is 6.18 Å². The van der Waals surface area contributed by atoms with E-state index in [-0.39, 0.29) is 35.7 Å². The second-order valence-electron chi connectivity index (χ2n) is 7.17. The molecule has 2 amide bonds. The van der Waals surface area contributed by atoms with E-state index in [1.807, 2.05) is 0 Å². The number of hydrogen-bond donors (Lipinski definition) is 1. The highest BCUT2D eigenvalue weighted by Crippen LogP contribution is 2.55. The van der Waals surface area contributed by atoms with Crippen LogP contribution < -0.4 is 5.32 Å². The van der Waals surface area contributed by atoms with Gasteiger partial charge in [0.15, 0.2) is 0 Å². The number of halogens is 4. The summed E-state index contributed by atoms with van der Waals surface area (Å²) < 4.78 is 53.4. The molecule has 1 aliphatic heterocycles. The van der Waals surface area contributed by atoms with E-state index < -0.39 is 41.7 Å². The van der Waals surface area contributed by atoms with E-state index in [1.165, 1.54) is 12.4 Å². The molecule has 2 heterocycles. The first-order valence-corrected chi connectivity index (χ1v) is 8.78. The molecule has 0 unspecified atom stereocenters. The topological polar surface area (TPSA) is 79.5 Å². The third-order valence-electron chi connectivity index (χ3n) is 5.21. The first kappa shape index (κ1) is 19.8. The lowest BCUT2D eigenvalue weighted by Crippen LogP contribution is -2.47. The maximum Gasteiger partial charge on any atom is 0.416 e. The van der Waals surface area contributed by atoms with Crippen molar-refractivity contribution in [1.29, 1.82) is 0 Å². The number of amides is 2. The highest BCUT2D eigenvalue weighted by atomic mass is 19.4. The predicted octanol–water partition coefficient (Wildman–Crippen LogP) is 3.12. The van der Waals surface area contributed by atoms with Crippen LogP contribution in [0.5, 0.6) is 0 Å². The number of aromatic nitrogens is 2. The number of carbonyl (C=O) groups excluding carboxylic acids is 2. The maximum atomic E-state index is 14.3. The molecule has 1 fully saturated rings. The molecule has 2 aliphatic rings. The lowest BCUT2D eigenvalue weighted by molar-refractivity contribution is -0.137. The zero-order valence-corrected chi connectivity index (χ0v) is 15.2. The normalized spacial score (nSPS) is 22.4. The number of nitrogens with one attached hydrogen (secondary N) is 1. The van der Waals surface area contributed by atoms with Crippen molar-refractivity contribution in [3.8, 4) is 0 Å². The summed E-state index contributed by atoms with van der Waals surface area (Å²) in [6.45, 7) is 6.19. The zero-order valence-electron chi connectivity index (χ0n) is 15.2. The lowest BCUT2D eigenvalue weighted by atomic mass is 9.85. The van der Waals surface area contributed by atoms with E-state index in [0.717, 1.165) is 23.1 Å². The van der Waals surface area contributed by atoms with E-state index in [4.69, 9.17) is 6.57 Å². The van der Waals surface area contributed by atoms with Crippen molar-refractivity contribution < 1.29 is 27.2 Å². The van der Waals surface area contributed by atoms with Crippen molar-refractivity contribution in [3.05, 3.63) is 58.7 Å². The lowest BCUT2D eigenvalue weighted by Gasteiger charge is -2.34. The SMILES string of the molecule is [C-]#[N+]c1cnc(NC(=O)CN2C[C@@]3(C[C@@H]3F)c3cc(C(F)(F)F)ccc3C2=O)nc1. The van der Waals surface area contributed by atoms with Crippen molar-refractivity contribution in [2.75, 3.05) is 18.4 Å². The van der Waals surface area contributed by atoms with E-state index >= 15 is 0 Å². The van der Waals surface area contributed by atoms with Gasteiger partial charge in [0.05, 0.1) is 12.1 Å². The Morgan fingerprint density at radius 2 is 2.00 bits per heavy atom. The number of hydrogen-bond acceptors (Lipinski definition) is 4. The van der Waals surface area contributed by atoms with Gasteiger partial charge in [-0.1, -0.05) is 0 Å². The summed E-state index contributed by atoms with van der Waals surface area (Å²) >= 11 is 0. The minimum Gasteiger partial charge on any atom is -0.328 e. The van der Waals surface area contributed by atoms with Crippen molar-refractivity contribution in [1.82, 2.24) is 14.9 Å². The van der Waals surface area contributed by atoms with Crippen molar-refractivity contribution in [3.63, 3.8) is 0 Å². The molecule has 4 rings (SSSR count). The van der Waals surface area contributed by atoms with Crippen LogP contribution in [0, 0.1) is 6.57 Å². The molecule has 2 atom stereocenters. The van der Waals surface area contributed by atoms with Gasteiger partial charge in [0.2, 0.25) is 17.5 Å². The molecule has 154 valence electrons. The first-order chi connectivity index (χ1) is 14.1. The summed E-state index contributed by atoms with van der Waals surface area (Å²) in [7, 11) is 0. The molecule has 30 heavy (non-hydrogen) atoms. The van der Waals surface area contributed by atoms with E-state index in [9.17, 15) is 27.2 Å². The van der Waals surface area contributed by atoms with Crippen molar-refractivity contribution in [2.45, 2.75) is 24.2 Å². The van der Waals surface area contributed by atoms with Gasteiger partial charge in [0.25, 0.3) is 5.91 Å². The van der Waals surface area contributed by atoms with Gasteiger partial charge in [-0.25, -0.2) is 19.2 Å². The van der Waals surface area contributed by atoms with Crippen LogP contribution in [0.4, 0.5) is 29.2 Å². The van der Waals surface area contributed by atoms with Crippen LogP contribution in [-0.4, -0.2) is 45.9 Å². The molecule has 1 spiro atoms. The highest BCUT2D eigenvalue weighted by molar-refractivity contribution is 6.01. The minimum absolute atomic E-state index is 0.0199. The van der Waals surface area contributed by atoms with E-state index in [0.29, 0.717) is 0 Å². The van der Waals surface area contributed by atoms with Gasteiger partial charge in [-0.3, -0.25) is 14.9 Å². The van der Waals surface area contributed by atoms with Gasteiger partial charge in [-0.15, -0.1) is 0 Å². The van der Waals surface area contributed by atoms with Crippen LogP contribution in [0.3, 0.4) is 0 Å². The van der Waals surface area contributed by atoms with Gasteiger partial charge in [-0.2, -0.15) is 13.2 Å². The summed E-state index contributed by atoms with van der Waals surface area (Å²) in [5, 5.41) is 2.37. The number of alkyl halides is 4. The summed E-state index contributed by atoms with van der Waals surface area (Å²) in [5.74, 6) is -1.38. The van der Waals surface area contributed by atoms with E-state index in [2.05, 4.69) is 20.1 Å². The molecule has 1 aromatic carbocycles. The molecule has 0 radical (unpaired) electrons. The molecule has 1 saturated carbocycles. The molecular weight excluding hydrogens is 406 g/mol. The Hall–Kier alpha value is -3.55. The van der Waals surface area contributed by atoms with Crippen LogP contribution in [0.15, 0.2) is 30.6 Å². The number of nitrogens with zero attached hydrogens (tertiary/aromatic N) is 4. The zero-order chi connectivity index (χ0) is 21.7. The van der Waals surface area contributed by atoms with Crippen LogP contribution in [0.25, 0.3) is 4.85 Å². The quantitative estimate of drug-likeness (QED) is 0.613. The van der Waals surface area contributed by atoms with Crippen LogP contribution in [-0.2, 0) is 16.4 Å². The average Bonchev–Trinajstić information content (AvgIpc) is 3.35. The first-order valence-electron chi connectivity index (χ1n) is 8.78. The summed E-state index contributed by atoms with van der Waals surface area (Å²) in [6, 6.07) is 2.64. The standard InChI is InChI=1S/C19H13F4N5O2/c1-24-11-6-25-17(26-7-11)27-15(29)8-28-9-18(5-14(18)20)13-4-10(19(21,22)23)2-3-12(13)16(28)30/h2-4,6-7,14H,5,8-9H2,(H,25,26,27,29)/t14-,18-/m0/s1. The van der Waals surface area contributed by atoms with Crippen molar-refractivity contribution in [2.24, 2.45) is 0 Å². The fraction of sp³-hybridized carbons (Fsp3) is 0.316. The fourth-order valence-corrected chi connectivity index (χ4v) is 3.60. The molecule has 1 aromatic heterocycles. The van der Waals surface area contributed by atoms with Gasteiger partial charge in [-0.05, 0) is 30.2 Å². The molecule has 7 nitrogen and oxygen atoms in total. The van der Waals surface area contributed by atoms with Gasteiger partial charge in [0, 0.05) is 29.9 Å². The minimum atomic E-state index is -4.61. The Morgan fingerprint density at radius 3 is 2.57 bits per heavy atom. The summed E-state index contributed by atoms with van der Waals surface area (Å²) in [6.07, 6.45) is -3.61. The van der Waals surface area contributed by atoms with Crippen LogP contribution >= 0.6 is 0 Å². The third-order valence-corrected chi connectivity index (χ3v) is 5.21. The van der Waals surface area contributed by atoms with Crippen LogP contribution in [0.2, 0.25) is 0 Å². The monoisotopic (exact) mass is 419 g/mol. The van der Waals surface area contributed by atoms with Gasteiger partial charge in [0.1, 0.15) is 12.7 Å². The number of rotatable bonds is 3. The van der Waals surface area contributed by atoms with E-state index in [1.54, 1.807) is 0 Å². The Bertz CT molecular complexity index is 1080. The van der Waals surface area contributed by atoms with Crippen LogP contribution in [0.1, 0.15) is 27.9 Å². The average molecular weight is 419 g/mol. The Morgan fingerprint density at radius 1 is 1.33 bits per heavy atom. The Labute approximate surface area is 167 Å². The Kier molecular flexibility index (Phi) is 4.45. The third kappa shape index (κ3) is 3.34. The predicted molar refractivity (Wildman–Crippen MR) is 95.5 cm³/mol. The molecular formula is C19H13F4N5O2. The van der Waals surface area contributed by atoms with Crippen molar-refractivity contribution >= 4 is 23.5 Å². The molecule has 1 aliphatic carbocycles. The maximum absolute atomic E-state index is 14.3. The molecule has 0 bridgehead atoms. The summed E-state index contributed by atoms with van der Waals surface area (Å²) in [5.41, 5.74) is -2.01. The number of benzene rings is 1. The number of carbonyl (C=O) groups is 2. The molecule has 11 heteroatoms. The smallest absolute Gasteiger partial charge is 0.328 e.